The largest absolute Gasteiger partial charge is 0.355 e. The third kappa shape index (κ3) is 3.09. The molecule has 0 amide bonds. The predicted octanol–water partition coefficient (Wildman–Crippen LogP) is 3.26. The molecule has 0 fully saturated rings. The minimum absolute atomic E-state index is 0.193. The normalized spacial score (nSPS) is 10.9. The number of hydrogen-bond donors (Lipinski definition) is 1. The molecule has 1 aromatic heterocycles. The summed E-state index contributed by atoms with van der Waals surface area (Å²) in [7, 11) is 0. The van der Waals surface area contributed by atoms with Crippen LogP contribution >= 0.6 is 0 Å². The van der Waals surface area contributed by atoms with Gasteiger partial charge in [-0.25, -0.2) is 9.37 Å². The van der Waals surface area contributed by atoms with Crippen molar-refractivity contribution >= 4 is 5.95 Å². The van der Waals surface area contributed by atoms with Crippen molar-refractivity contribution in [2.45, 2.75) is 26.3 Å². The number of anilines is 1. The van der Waals surface area contributed by atoms with Crippen LogP contribution in [0.5, 0.6) is 0 Å². The fourth-order valence-corrected chi connectivity index (χ4v) is 1.84. The van der Waals surface area contributed by atoms with Gasteiger partial charge in [0.25, 0.3) is 0 Å². The zero-order valence-electron chi connectivity index (χ0n) is 10.7. The van der Waals surface area contributed by atoms with E-state index in [1.165, 1.54) is 12.1 Å². The standard InChI is InChI=1S/C14H18FN3/c1-11(2)18-10-9-17-14(18)16-8-7-12-3-5-13(15)6-4-12/h3-6,9-11H,7-8H2,1-2H3,(H,16,17). The maximum atomic E-state index is 12.7. The Kier molecular flexibility index (Phi) is 3.97. The number of halogens is 1. The Labute approximate surface area is 107 Å². The van der Waals surface area contributed by atoms with Gasteiger partial charge in [-0.15, -0.1) is 0 Å². The SMILES string of the molecule is CC(C)n1ccnc1NCCc1ccc(F)cc1. The number of hydrogen-bond acceptors (Lipinski definition) is 2. The Hall–Kier alpha value is -1.84. The number of imidazole rings is 1. The first-order valence-corrected chi connectivity index (χ1v) is 6.18. The highest BCUT2D eigenvalue weighted by Crippen LogP contribution is 2.12. The summed E-state index contributed by atoms with van der Waals surface area (Å²) in [5.41, 5.74) is 1.12. The molecule has 0 aliphatic heterocycles. The van der Waals surface area contributed by atoms with E-state index in [-0.39, 0.29) is 5.82 Å². The van der Waals surface area contributed by atoms with Crippen molar-refractivity contribution < 1.29 is 4.39 Å². The molecule has 2 rings (SSSR count). The molecule has 0 spiro atoms. The number of rotatable bonds is 5. The molecule has 1 N–H and O–H groups in total. The summed E-state index contributed by atoms with van der Waals surface area (Å²) < 4.78 is 14.8. The van der Waals surface area contributed by atoms with Crippen LogP contribution in [0.25, 0.3) is 0 Å². The van der Waals surface area contributed by atoms with Crippen LogP contribution in [0.2, 0.25) is 0 Å². The van der Waals surface area contributed by atoms with Crippen molar-refractivity contribution in [3.05, 3.63) is 48.0 Å². The highest BCUT2D eigenvalue weighted by atomic mass is 19.1. The molecule has 1 heterocycles. The number of benzene rings is 1. The average Bonchev–Trinajstić information content (AvgIpc) is 2.80. The van der Waals surface area contributed by atoms with Crippen LogP contribution in [0.1, 0.15) is 25.5 Å². The van der Waals surface area contributed by atoms with E-state index in [1.807, 2.05) is 18.3 Å². The Morgan fingerprint density at radius 2 is 2.00 bits per heavy atom. The zero-order chi connectivity index (χ0) is 13.0. The van der Waals surface area contributed by atoms with Crippen LogP contribution in [0.4, 0.5) is 10.3 Å². The minimum atomic E-state index is -0.193. The highest BCUT2D eigenvalue weighted by molar-refractivity contribution is 5.27. The fraction of sp³-hybridized carbons (Fsp3) is 0.357. The third-order valence-electron chi connectivity index (χ3n) is 2.84. The number of nitrogens with zero attached hydrogens (tertiary/aromatic N) is 2. The van der Waals surface area contributed by atoms with Crippen LogP contribution < -0.4 is 5.32 Å². The van der Waals surface area contributed by atoms with E-state index >= 15 is 0 Å². The Morgan fingerprint density at radius 1 is 1.28 bits per heavy atom. The van der Waals surface area contributed by atoms with Gasteiger partial charge in [0.05, 0.1) is 0 Å². The number of nitrogens with one attached hydrogen (secondary N) is 1. The summed E-state index contributed by atoms with van der Waals surface area (Å²) in [6.45, 7) is 5.02. The predicted molar refractivity (Wildman–Crippen MR) is 71.2 cm³/mol. The Morgan fingerprint density at radius 3 is 2.67 bits per heavy atom. The molecular formula is C14H18FN3. The monoisotopic (exact) mass is 247 g/mol. The second-order valence-corrected chi connectivity index (χ2v) is 4.56. The van der Waals surface area contributed by atoms with Gasteiger partial charge < -0.3 is 9.88 Å². The average molecular weight is 247 g/mol. The lowest BCUT2D eigenvalue weighted by Gasteiger charge is -2.12. The Bertz CT molecular complexity index is 488. The van der Waals surface area contributed by atoms with E-state index in [1.54, 1.807) is 6.20 Å². The zero-order valence-corrected chi connectivity index (χ0v) is 10.7. The van der Waals surface area contributed by atoms with Crippen LogP contribution in [0.3, 0.4) is 0 Å². The van der Waals surface area contributed by atoms with E-state index < -0.39 is 0 Å². The molecule has 0 atom stereocenters. The molecular weight excluding hydrogens is 229 g/mol. The Balaban J connectivity index is 1.88. The first-order chi connectivity index (χ1) is 8.66. The second-order valence-electron chi connectivity index (χ2n) is 4.56. The van der Waals surface area contributed by atoms with Crippen molar-refractivity contribution in [1.82, 2.24) is 9.55 Å². The first-order valence-electron chi connectivity index (χ1n) is 6.18. The lowest BCUT2D eigenvalue weighted by atomic mass is 10.1. The van der Waals surface area contributed by atoms with Crippen LogP contribution in [-0.2, 0) is 6.42 Å². The van der Waals surface area contributed by atoms with Gasteiger partial charge in [-0.1, -0.05) is 12.1 Å². The van der Waals surface area contributed by atoms with E-state index in [9.17, 15) is 4.39 Å². The van der Waals surface area contributed by atoms with Gasteiger partial charge in [0.15, 0.2) is 0 Å². The summed E-state index contributed by atoms with van der Waals surface area (Å²) in [5.74, 6) is 0.689. The van der Waals surface area contributed by atoms with Crippen molar-refractivity contribution in [2.75, 3.05) is 11.9 Å². The van der Waals surface area contributed by atoms with E-state index in [4.69, 9.17) is 0 Å². The van der Waals surface area contributed by atoms with Gasteiger partial charge in [-0.3, -0.25) is 0 Å². The molecule has 0 radical (unpaired) electrons. The summed E-state index contributed by atoms with van der Waals surface area (Å²) in [6.07, 6.45) is 4.61. The highest BCUT2D eigenvalue weighted by Gasteiger charge is 2.04. The van der Waals surface area contributed by atoms with E-state index in [0.29, 0.717) is 6.04 Å². The van der Waals surface area contributed by atoms with Gasteiger partial charge >= 0.3 is 0 Å². The summed E-state index contributed by atoms with van der Waals surface area (Å²) in [5, 5.41) is 3.30. The van der Waals surface area contributed by atoms with Crippen LogP contribution in [0.15, 0.2) is 36.7 Å². The summed E-state index contributed by atoms with van der Waals surface area (Å²) in [6, 6.07) is 6.99. The molecule has 18 heavy (non-hydrogen) atoms. The van der Waals surface area contributed by atoms with Gasteiger partial charge in [0.1, 0.15) is 5.82 Å². The maximum Gasteiger partial charge on any atom is 0.203 e. The maximum absolute atomic E-state index is 12.7. The van der Waals surface area contributed by atoms with Gasteiger partial charge in [0, 0.05) is 25.0 Å². The van der Waals surface area contributed by atoms with Gasteiger partial charge in [-0.2, -0.15) is 0 Å². The summed E-state index contributed by atoms with van der Waals surface area (Å²) in [4.78, 5) is 4.27. The van der Waals surface area contributed by atoms with Crippen molar-refractivity contribution in [3.8, 4) is 0 Å². The lowest BCUT2D eigenvalue weighted by molar-refractivity contribution is 0.604. The van der Waals surface area contributed by atoms with Crippen molar-refractivity contribution in [1.29, 1.82) is 0 Å². The molecule has 0 bridgehead atoms. The van der Waals surface area contributed by atoms with E-state index in [2.05, 4.69) is 28.7 Å². The second kappa shape index (κ2) is 5.67. The molecule has 0 saturated carbocycles. The molecule has 4 heteroatoms. The van der Waals surface area contributed by atoms with Crippen LogP contribution in [0, 0.1) is 5.82 Å². The molecule has 0 unspecified atom stereocenters. The molecule has 96 valence electrons. The van der Waals surface area contributed by atoms with Gasteiger partial charge in [-0.05, 0) is 38.0 Å². The molecule has 2 aromatic rings. The quantitative estimate of drug-likeness (QED) is 0.879. The van der Waals surface area contributed by atoms with Crippen LogP contribution in [-0.4, -0.2) is 16.1 Å². The van der Waals surface area contributed by atoms with Crippen molar-refractivity contribution in [3.63, 3.8) is 0 Å². The molecule has 0 saturated heterocycles. The lowest BCUT2D eigenvalue weighted by Crippen LogP contribution is -2.11. The minimum Gasteiger partial charge on any atom is -0.355 e. The number of aromatic nitrogens is 2. The molecule has 1 aromatic carbocycles. The fourth-order valence-electron chi connectivity index (χ4n) is 1.84. The topological polar surface area (TPSA) is 29.9 Å². The van der Waals surface area contributed by atoms with Crippen molar-refractivity contribution in [2.24, 2.45) is 0 Å². The molecule has 3 nitrogen and oxygen atoms in total. The molecule has 0 aliphatic carbocycles. The summed E-state index contributed by atoms with van der Waals surface area (Å²) >= 11 is 0. The van der Waals surface area contributed by atoms with E-state index in [0.717, 1.165) is 24.5 Å². The first kappa shape index (κ1) is 12.6. The molecule has 0 aliphatic rings. The van der Waals surface area contributed by atoms with Gasteiger partial charge in [0.2, 0.25) is 5.95 Å². The third-order valence-corrected chi connectivity index (χ3v) is 2.84. The smallest absolute Gasteiger partial charge is 0.203 e.